The molecule has 104 valence electrons. The van der Waals surface area contributed by atoms with Crippen molar-refractivity contribution in [1.82, 2.24) is 0 Å². The van der Waals surface area contributed by atoms with E-state index in [4.69, 9.17) is 5.11 Å². The van der Waals surface area contributed by atoms with Gasteiger partial charge >= 0.3 is 5.97 Å². The van der Waals surface area contributed by atoms with Crippen molar-refractivity contribution in [3.63, 3.8) is 0 Å². The molecule has 2 rings (SSSR count). The maximum Gasteiger partial charge on any atom is 0.306 e. The lowest BCUT2D eigenvalue weighted by Crippen LogP contribution is -2.21. The van der Waals surface area contributed by atoms with Gasteiger partial charge in [0.25, 0.3) is 0 Å². The Labute approximate surface area is 115 Å². The number of benzene rings is 1. The minimum atomic E-state index is -0.651. The highest BCUT2D eigenvalue weighted by Crippen LogP contribution is 2.39. The van der Waals surface area contributed by atoms with Crippen LogP contribution in [0.1, 0.15) is 32.8 Å². The summed E-state index contributed by atoms with van der Waals surface area (Å²) in [7, 11) is 2.03. The second kappa shape index (κ2) is 4.87. The summed E-state index contributed by atoms with van der Waals surface area (Å²) in [6.07, 6.45) is 0.819. The van der Waals surface area contributed by atoms with Crippen LogP contribution in [0.2, 0.25) is 0 Å². The topological polar surface area (TPSA) is 40.5 Å². The van der Waals surface area contributed by atoms with Crippen LogP contribution in [0.25, 0.3) is 0 Å². The number of rotatable bonds is 4. The lowest BCUT2D eigenvalue weighted by Gasteiger charge is -2.23. The highest BCUT2D eigenvalue weighted by Gasteiger charge is 2.43. The zero-order chi connectivity index (χ0) is 14.2. The molecule has 0 spiro atoms. The number of aliphatic carboxylic acids is 1. The van der Waals surface area contributed by atoms with E-state index in [1.165, 1.54) is 5.56 Å². The van der Waals surface area contributed by atoms with E-state index < -0.39 is 5.97 Å². The van der Waals surface area contributed by atoms with E-state index in [1.807, 2.05) is 7.05 Å². The number of hydrogen-bond acceptors (Lipinski definition) is 2. The first-order valence-electron chi connectivity index (χ1n) is 6.83. The van der Waals surface area contributed by atoms with Crippen molar-refractivity contribution >= 4 is 11.7 Å². The van der Waals surface area contributed by atoms with Crippen molar-refractivity contribution in [2.24, 2.45) is 11.8 Å². The lowest BCUT2D eigenvalue weighted by atomic mass is 9.87. The number of anilines is 1. The third-order valence-electron chi connectivity index (χ3n) is 3.92. The maximum absolute atomic E-state index is 10.8. The molecule has 1 aromatic carbocycles. The zero-order valence-corrected chi connectivity index (χ0v) is 12.2. The molecule has 0 aliphatic heterocycles. The second-order valence-electron chi connectivity index (χ2n) is 6.62. The van der Waals surface area contributed by atoms with E-state index in [-0.39, 0.29) is 11.3 Å². The molecule has 3 heteroatoms. The fourth-order valence-corrected chi connectivity index (χ4v) is 2.42. The van der Waals surface area contributed by atoms with Crippen LogP contribution in [-0.4, -0.2) is 24.7 Å². The predicted molar refractivity (Wildman–Crippen MR) is 77.6 cm³/mol. The first kappa shape index (κ1) is 13.9. The summed E-state index contributed by atoms with van der Waals surface area (Å²) >= 11 is 0. The van der Waals surface area contributed by atoms with Crippen LogP contribution in [0, 0.1) is 11.8 Å². The van der Waals surface area contributed by atoms with Gasteiger partial charge in [0.05, 0.1) is 5.92 Å². The van der Waals surface area contributed by atoms with Gasteiger partial charge in [0.2, 0.25) is 0 Å². The first-order chi connectivity index (χ1) is 8.79. The summed E-state index contributed by atoms with van der Waals surface area (Å²) in [4.78, 5) is 13.0. The van der Waals surface area contributed by atoms with Crippen molar-refractivity contribution in [3.8, 4) is 0 Å². The molecule has 1 saturated carbocycles. The van der Waals surface area contributed by atoms with E-state index in [1.54, 1.807) is 0 Å². The Hall–Kier alpha value is -1.51. The predicted octanol–water partition coefficient (Wildman–Crippen LogP) is 3.14. The third-order valence-corrected chi connectivity index (χ3v) is 3.92. The smallest absolute Gasteiger partial charge is 0.306 e. The van der Waals surface area contributed by atoms with Crippen molar-refractivity contribution in [2.75, 3.05) is 18.5 Å². The Balaban J connectivity index is 1.97. The molecule has 2 unspecified atom stereocenters. The quantitative estimate of drug-likeness (QED) is 0.905. The van der Waals surface area contributed by atoms with E-state index in [2.05, 4.69) is 49.9 Å². The molecular weight excluding hydrogens is 238 g/mol. The van der Waals surface area contributed by atoms with E-state index in [9.17, 15) is 4.79 Å². The fourth-order valence-electron chi connectivity index (χ4n) is 2.42. The minimum Gasteiger partial charge on any atom is -0.481 e. The van der Waals surface area contributed by atoms with Gasteiger partial charge in [0.15, 0.2) is 0 Å². The summed E-state index contributed by atoms with van der Waals surface area (Å²) in [5.41, 5.74) is 2.64. The number of hydrogen-bond donors (Lipinski definition) is 1. The molecule has 1 aliphatic rings. The Bertz CT molecular complexity index is 459. The van der Waals surface area contributed by atoms with Crippen LogP contribution in [0.15, 0.2) is 24.3 Å². The third kappa shape index (κ3) is 3.28. The molecule has 0 heterocycles. The maximum atomic E-state index is 10.8. The lowest BCUT2D eigenvalue weighted by molar-refractivity contribution is -0.138. The van der Waals surface area contributed by atoms with Crippen LogP contribution in [0.4, 0.5) is 5.69 Å². The van der Waals surface area contributed by atoms with Crippen LogP contribution >= 0.6 is 0 Å². The molecule has 3 nitrogen and oxygen atoms in total. The average molecular weight is 261 g/mol. The fraction of sp³-hybridized carbons (Fsp3) is 0.562. The van der Waals surface area contributed by atoms with E-state index in [0.29, 0.717) is 5.92 Å². The van der Waals surface area contributed by atoms with Crippen LogP contribution < -0.4 is 4.90 Å². The minimum absolute atomic E-state index is 0.128. The molecule has 2 atom stereocenters. The summed E-state index contributed by atoms with van der Waals surface area (Å²) in [5, 5.41) is 8.91. The molecule has 0 bridgehead atoms. The first-order valence-corrected chi connectivity index (χ1v) is 6.83. The molecule has 1 aromatic rings. The molecule has 0 saturated heterocycles. The SMILES string of the molecule is CN(CC1CC1C(=O)O)c1ccc(C(C)(C)C)cc1. The average Bonchev–Trinajstić information content (AvgIpc) is 3.07. The number of nitrogens with zero attached hydrogens (tertiary/aromatic N) is 1. The Morgan fingerprint density at radius 1 is 1.32 bits per heavy atom. The second-order valence-corrected chi connectivity index (χ2v) is 6.62. The molecule has 0 aromatic heterocycles. The summed E-state index contributed by atoms with van der Waals surface area (Å²) in [5.74, 6) is -0.470. The van der Waals surface area contributed by atoms with Gasteiger partial charge in [-0.3, -0.25) is 4.79 Å². The highest BCUT2D eigenvalue weighted by molar-refractivity contribution is 5.73. The summed E-state index contributed by atoms with van der Waals surface area (Å²) in [6.45, 7) is 7.43. The van der Waals surface area contributed by atoms with E-state index >= 15 is 0 Å². The van der Waals surface area contributed by atoms with Crippen molar-refractivity contribution in [1.29, 1.82) is 0 Å². The van der Waals surface area contributed by atoms with Gasteiger partial charge in [0, 0.05) is 19.3 Å². The van der Waals surface area contributed by atoms with Crippen molar-refractivity contribution in [3.05, 3.63) is 29.8 Å². The molecule has 0 amide bonds. The summed E-state index contributed by atoms with van der Waals surface area (Å²) in [6, 6.07) is 8.57. The normalized spacial score (nSPS) is 22.1. The molecule has 19 heavy (non-hydrogen) atoms. The molecule has 1 N–H and O–H groups in total. The molecule has 1 aliphatic carbocycles. The van der Waals surface area contributed by atoms with Crippen molar-refractivity contribution < 1.29 is 9.90 Å². The largest absolute Gasteiger partial charge is 0.481 e. The van der Waals surface area contributed by atoms with Gasteiger partial charge in [-0.2, -0.15) is 0 Å². The van der Waals surface area contributed by atoms with Crippen LogP contribution in [0.5, 0.6) is 0 Å². The van der Waals surface area contributed by atoms with Crippen LogP contribution in [-0.2, 0) is 10.2 Å². The van der Waals surface area contributed by atoms with Gasteiger partial charge in [-0.15, -0.1) is 0 Å². The number of carbonyl (C=O) groups is 1. The van der Waals surface area contributed by atoms with Gasteiger partial charge in [-0.05, 0) is 35.4 Å². The molecule has 1 fully saturated rings. The standard InChI is InChI=1S/C16H23NO2/c1-16(2,3)12-5-7-13(8-6-12)17(4)10-11-9-14(11)15(18)19/h5-8,11,14H,9-10H2,1-4H3,(H,18,19). The Morgan fingerprint density at radius 3 is 2.32 bits per heavy atom. The van der Waals surface area contributed by atoms with Gasteiger partial charge in [0.1, 0.15) is 0 Å². The number of carboxylic acid groups (broad SMARTS) is 1. The molecular formula is C16H23NO2. The van der Waals surface area contributed by atoms with Gasteiger partial charge < -0.3 is 10.0 Å². The Kier molecular flexibility index (Phi) is 3.57. The van der Waals surface area contributed by atoms with E-state index in [0.717, 1.165) is 18.7 Å². The summed E-state index contributed by atoms with van der Waals surface area (Å²) < 4.78 is 0. The monoisotopic (exact) mass is 261 g/mol. The van der Waals surface area contributed by atoms with Gasteiger partial charge in [-0.1, -0.05) is 32.9 Å². The highest BCUT2D eigenvalue weighted by atomic mass is 16.4. The van der Waals surface area contributed by atoms with Crippen LogP contribution in [0.3, 0.4) is 0 Å². The van der Waals surface area contributed by atoms with Gasteiger partial charge in [-0.25, -0.2) is 0 Å². The zero-order valence-electron chi connectivity index (χ0n) is 12.2. The number of carboxylic acids is 1. The van der Waals surface area contributed by atoms with Crippen molar-refractivity contribution in [2.45, 2.75) is 32.6 Å². The molecule has 0 radical (unpaired) electrons. The Morgan fingerprint density at radius 2 is 1.89 bits per heavy atom.